The second-order valence-corrected chi connectivity index (χ2v) is 8.10. The average Bonchev–Trinajstić information content (AvgIpc) is 2.81. The van der Waals surface area contributed by atoms with Gasteiger partial charge in [0.15, 0.2) is 5.78 Å². The maximum Gasteiger partial charge on any atom is 0.155 e. The molecule has 0 bridgehead atoms. The van der Waals surface area contributed by atoms with Crippen LogP contribution in [0.1, 0.15) is 65.2 Å². The number of hydrogen-bond donors (Lipinski definition) is 0. The number of carbonyl (C=O) groups excluding carboxylic acids is 1. The van der Waals surface area contributed by atoms with Crippen LogP contribution in [-0.2, 0) is 4.79 Å². The lowest BCUT2D eigenvalue weighted by Crippen LogP contribution is -2.46. The normalized spacial score (nSPS) is 47.0. The fourth-order valence-corrected chi connectivity index (χ4v) is 5.88. The molecule has 108 valence electrons. The largest absolute Gasteiger partial charge is 0.295 e. The number of carbonyl (C=O) groups is 1. The zero-order chi connectivity index (χ0) is 14.0. The molecule has 0 radical (unpaired) electrons. The molecule has 1 nitrogen and oxygen atoms in total. The second-order valence-electron chi connectivity index (χ2n) is 8.10. The second kappa shape index (κ2) is 4.08. The molecule has 4 aliphatic rings. The van der Waals surface area contributed by atoms with Gasteiger partial charge in [0.05, 0.1) is 0 Å². The Morgan fingerprint density at radius 2 is 1.95 bits per heavy atom. The van der Waals surface area contributed by atoms with E-state index >= 15 is 0 Å². The maximum atomic E-state index is 11.8. The van der Waals surface area contributed by atoms with Crippen LogP contribution in [0.3, 0.4) is 0 Å². The molecule has 0 amide bonds. The summed E-state index contributed by atoms with van der Waals surface area (Å²) >= 11 is 0. The van der Waals surface area contributed by atoms with Crippen LogP contribution in [0.2, 0.25) is 0 Å². The molecule has 0 N–H and O–H groups in total. The molecule has 0 aromatic carbocycles. The van der Waals surface area contributed by atoms with Crippen LogP contribution in [0.15, 0.2) is 23.3 Å². The molecule has 0 aliphatic heterocycles. The lowest BCUT2D eigenvalue weighted by molar-refractivity contribution is -0.116. The molecule has 4 aliphatic carbocycles. The van der Waals surface area contributed by atoms with Crippen molar-refractivity contribution in [2.24, 2.45) is 22.7 Å². The van der Waals surface area contributed by atoms with Crippen molar-refractivity contribution in [3.63, 3.8) is 0 Å². The molecule has 0 saturated heterocycles. The van der Waals surface area contributed by atoms with Gasteiger partial charge >= 0.3 is 0 Å². The predicted octanol–water partition coefficient (Wildman–Crippen LogP) is 4.83. The number of fused-ring (bicyclic) bond motifs is 5. The van der Waals surface area contributed by atoms with E-state index in [0.717, 1.165) is 31.1 Å². The molecule has 2 saturated carbocycles. The van der Waals surface area contributed by atoms with Gasteiger partial charge in [0.25, 0.3) is 0 Å². The van der Waals surface area contributed by atoms with E-state index in [9.17, 15) is 4.79 Å². The van der Waals surface area contributed by atoms with Crippen LogP contribution in [0.25, 0.3) is 0 Å². The van der Waals surface area contributed by atoms with E-state index in [4.69, 9.17) is 0 Å². The number of ketones is 1. The van der Waals surface area contributed by atoms with E-state index in [0.29, 0.717) is 16.6 Å². The lowest BCUT2D eigenvalue weighted by atomic mass is 9.49. The Morgan fingerprint density at radius 3 is 2.80 bits per heavy atom. The van der Waals surface area contributed by atoms with Crippen molar-refractivity contribution in [1.29, 1.82) is 0 Å². The van der Waals surface area contributed by atoms with Crippen molar-refractivity contribution in [2.75, 3.05) is 0 Å². The van der Waals surface area contributed by atoms with Crippen molar-refractivity contribution in [3.05, 3.63) is 23.3 Å². The smallest absolute Gasteiger partial charge is 0.155 e. The predicted molar refractivity (Wildman–Crippen MR) is 81.3 cm³/mol. The fourth-order valence-electron chi connectivity index (χ4n) is 5.88. The zero-order valence-corrected chi connectivity index (χ0v) is 12.9. The highest BCUT2D eigenvalue weighted by atomic mass is 16.1. The highest BCUT2D eigenvalue weighted by Crippen LogP contribution is 2.63. The molecule has 4 atom stereocenters. The Labute approximate surface area is 122 Å². The highest BCUT2D eigenvalue weighted by molar-refractivity contribution is 5.91. The Kier molecular flexibility index (Phi) is 2.63. The van der Waals surface area contributed by atoms with E-state index < -0.39 is 0 Å². The van der Waals surface area contributed by atoms with Gasteiger partial charge in [0, 0.05) is 6.42 Å². The third kappa shape index (κ3) is 1.58. The van der Waals surface area contributed by atoms with Crippen LogP contribution in [0, 0.1) is 22.7 Å². The summed E-state index contributed by atoms with van der Waals surface area (Å²) in [7, 11) is 0. The Bertz CT molecular complexity index is 526. The number of rotatable bonds is 0. The fraction of sp³-hybridized carbons (Fsp3) is 0.737. The van der Waals surface area contributed by atoms with Crippen LogP contribution < -0.4 is 0 Å². The average molecular weight is 270 g/mol. The number of allylic oxidation sites excluding steroid dienone is 4. The standard InChI is InChI=1S/C19H26O/c1-18-9-3-4-16(18)15-6-5-13-12-14(20)7-11-19(13,2)17(15)8-10-18/h4,12,15,17H,3,5-11H2,1-2H3/t15-,17-,18-,19-/m0/s1. The van der Waals surface area contributed by atoms with Gasteiger partial charge in [-0.05, 0) is 73.7 Å². The van der Waals surface area contributed by atoms with Gasteiger partial charge in [-0.3, -0.25) is 4.79 Å². The van der Waals surface area contributed by atoms with Crippen molar-refractivity contribution < 1.29 is 4.79 Å². The van der Waals surface area contributed by atoms with E-state index in [-0.39, 0.29) is 0 Å². The highest BCUT2D eigenvalue weighted by Gasteiger charge is 2.53. The van der Waals surface area contributed by atoms with Gasteiger partial charge in [-0.15, -0.1) is 0 Å². The molecule has 1 heteroatoms. The molecule has 2 fully saturated rings. The van der Waals surface area contributed by atoms with Gasteiger partial charge in [-0.1, -0.05) is 31.1 Å². The molecule has 0 unspecified atom stereocenters. The first-order valence-corrected chi connectivity index (χ1v) is 8.47. The van der Waals surface area contributed by atoms with Crippen LogP contribution in [-0.4, -0.2) is 5.78 Å². The number of hydrogen-bond acceptors (Lipinski definition) is 1. The lowest BCUT2D eigenvalue weighted by Gasteiger charge is -2.55. The monoisotopic (exact) mass is 270 g/mol. The first kappa shape index (κ1) is 12.9. The SMILES string of the molecule is C[C@@]12CCC=C1[C@@H]1CCC3=CC(=O)CC[C@]3(C)[C@H]1CC2. The first-order valence-electron chi connectivity index (χ1n) is 8.47. The van der Waals surface area contributed by atoms with Gasteiger partial charge in [-0.2, -0.15) is 0 Å². The van der Waals surface area contributed by atoms with Crippen molar-refractivity contribution in [3.8, 4) is 0 Å². The Hall–Kier alpha value is -0.850. The van der Waals surface area contributed by atoms with Crippen molar-refractivity contribution in [2.45, 2.75) is 65.2 Å². The summed E-state index contributed by atoms with van der Waals surface area (Å²) in [6.45, 7) is 4.96. The molecule has 0 heterocycles. The first-order chi connectivity index (χ1) is 9.53. The minimum Gasteiger partial charge on any atom is -0.295 e. The minimum absolute atomic E-state index is 0.321. The summed E-state index contributed by atoms with van der Waals surface area (Å²) in [6.07, 6.45) is 14.3. The van der Waals surface area contributed by atoms with Gasteiger partial charge in [-0.25, -0.2) is 0 Å². The van der Waals surface area contributed by atoms with Crippen LogP contribution >= 0.6 is 0 Å². The Balaban J connectivity index is 1.73. The van der Waals surface area contributed by atoms with Gasteiger partial charge < -0.3 is 0 Å². The molecule has 0 aromatic rings. The molecule has 20 heavy (non-hydrogen) atoms. The minimum atomic E-state index is 0.321. The molecule has 4 rings (SSSR count). The van der Waals surface area contributed by atoms with Gasteiger partial charge in [0.2, 0.25) is 0 Å². The molecule has 0 spiro atoms. The van der Waals surface area contributed by atoms with E-state index in [2.05, 4.69) is 19.9 Å². The van der Waals surface area contributed by atoms with Crippen molar-refractivity contribution >= 4 is 5.78 Å². The van der Waals surface area contributed by atoms with E-state index in [1.165, 1.54) is 37.7 Å². The summed E-state index contributed by atoms with van der Waals surface area (Å²) in [5.74, 6) is 1.98. The zero-order valence-electron chi connectivity index (χ0n) is 12.9. The Morgan fingerprint density at radius 1 is 1.10 bits per heavy atom. The molecular formula is C19H26O. The summed E-state index contributed by atoms with van der Waals surface area (Å²) in [5.41, 5.74) is 4.12. The maximum absolute atomic E-state index is 11.8. The van der Waals surface area contributed by atoms with E-state index in [1.54, 1.807) is 5.57 Å². The third-order valence-corrected chi connectivity index (χ3v) is 7.15. The summed E-state index contributed by atoms with van der Waals surface area (Å²) in [6, 6.07) is 0. The van der Waals surface area contributed by atoms with Crippen molar-refractivity contribution in [1.82, 2.24) is 0 Å². The van der Waals surface area contributed by atoms with Crippen LogP contribution in [0.4, 0.5) is 0 Å². The van der Waals surface area contributed by atoms with E-state index in [1.807, 2.05) is 6.08 Å². The topological polar surface area (TPSA) is 17.1 Å². The summed E-state index contributed by atoms with van der Waals surface area (Å²) < 4.78 is 0. The summed E-state index contributed by atoms with van der Waals surface area (Å²) in [5, 5.41) is 0. The molecule has 0 aromatic heterocycles. The molecular weight excluding hydrogens is 244 g/mol. The van der Waals surface area contributed by atoms with Gasteiger partial charge in [0.1, 0.15) is 0 Å². The van der Waals surface area contributed by atoms with Crippen LogP contribution in [0.5, 0.6) is 0 Å². The quantitative estimate of drug-likeness (QED) is 0.576. The summed E-state index contributed by atoms with van der Waals surface area (Å²) in [4.78, 5) is 11.8. The third-order valence-electron chi connectivity index (χ3n) is 7.15.